The molecule has 3 heterocycles. The van der Waals surface area contributed by atoms with Gasteiger partial charge in [0.15, 0.2) is 0 Å². The Balaban J connectivity index is 1.24. The van der Waals surface area contributed by atoms with Crippen LogP contribution in [0, 0.1) is 5.92 Å². The van der Waals surface area contributed by atoms with Gasteiger partial charge in [0, 0.05) is 37.6 Å². The van der Waals surface area contributed by atoms with Crippen LogP contribution in [0.3, 0.4) is 0 Å². The van der Waals surface area contributed by atoms with Gasteiger partial charge in [0.1, 0.15) is 0 Å². The number of nitrogens with zero attached hydrogens (tertiary/aromatic N) is 3. The molecule has 0 atom stereocenters. The van der Waals surface area contributed by atoms with Crippen molar-refractivity contribution in [1.82, 2.24) is 14.8 Å². The van der Waals surface area contributed by atoms with Gasteiger partial charge < -0.3 is 9.64 Å². The highest BCUT2D eigenvalue weighted by atomic mass is 16.5. The van der Waals surface area contributed by atoms with E-state index in [0.29, 0.717) is 31.5 Å². The molecule has 27 heavy (non-hydrogen) atoms. The molecular weight excluding hydrogens is 338 g/mol. The number of piperidine rings is 1. The lowest BCUT2D eigenvalue weighted by molar-refractivity contribution is -0.135. The van der Waals surface area contributed by atoms with Gasteiger partial charge in [0.05, 0.1) is 18.7 Å². The lowest BCUT2D eigenvalue weighted by atomic mass is 9.91. The van der Waals surface area contributed by atoms with Crippen molar-refractivity contribution in [2.45, 2.75) is 32.2 Å². The van der Waals surface area contributed by atoms with Gasteiger partial charge in [-0.25, -0.2) is 0 Å². The third-order valence-corrected chi connectivity index (χ3v) is 5.97. The van der Waals surface area contributed by atoms with E-state index in [4.69, 9.17) is 4.74 Å². The van der Waals surface area contributed by atoms with Gasteiger partial charge in [-0.15, -0.1) is 0 Å². The monoisotopic (exact) mass is 367 g/mol. The summed E-state index contributed by atoms with van der Waals surface area (Å²) in [6.07, 6.45) is 6.03. The van der Waals surface area contributed by atoms with Gasteiger partial charge in [-0.3, -0.25) is 14.7 Å². The van der Waals surface area contributed by atoms with Crippen LogP contribution < -0.4 is 0 Å². The van der Waals surface area contributed by atoms with E-state index in [9.17, 15) is 4.79 Å². The molecule has 5 nitrogen and oxygen atoms in total. The van der Waals surface area contributed by atoms with E-state index in [1.165, 1.54) is 23.8 Å². The van der Waals surface area contributed by atoms with Gasteiger partial charge in [-0.05, 0) is 56.0 Å². The Morgan fingerprint density at radius 1 is 1.07 bits per heavy atom. The van der Waals surface area contributed by atoms with Gasteiger partial charge in [0.2, 0.25) is 5.91 Å². The van der Waals surface area contributed by atoms with Crippen LogP contribution in [0.25, 0.3) is 10.9 Å². The Hall–Kier alpha value is -1.98. The largest absolute Gasteiger partial charge is 0.378 e. The molecule has 0 unspecified atom stereocenters. The summed E-state index contributed by atoms with van der Waals surface area (Å²) in [5, 5.41) is 1.26. The standard InChI is InChI=1S/C22H29N3O2/c26-22(25-13-15-27-16-14-25)6-5-18-8-11-24(12-9-18)17-19-7-10-23-21-4-2-1-3-20(19)21/h1-4,7,10,18H,5-6,8-9,11-17H2. The number of carbonyl (C=O) groups excluding carboxylic acids is 1. The van der Waals surface area contributed by atoms with E-state index >= 15 is 0 Å². The Morgan fingerprint density at radius 3 is 2.67 bits per heavy atom. The summed E-state index contributed by atoms with van der Waals surface area (Å²) in [7, 11) is 0. The molecule has 0 bridgehead atoms. The van der Waals surface area contributed by atoms with Crippen LogP contribution >= 0.6 is 0 Å². The topological polar surface area (TPSA) is 45.7 Å². The fourth-order valence-corrected chi connectivity index (χ4v) is 4.27. The zero-order chi connectivity index (χ0) is 18.5. The number of fused-ring (bicyclic) bond motifs is 1. The quantitative estimate of drug-likeness (QED) is 0.815. The van der Waals surface area contributed by atoms with Gasteiger partial charge in [-0.2, -0.15) is 0 Å². The molecule has 2 aromatic rings. The molecule has 2 aliphatic heterocycles. The minimum absolute atomic E-state index is 0.309. The Labute approximate surface area is 161 Å². The number of pyridine rings is 1. The molecule has 0 saturated carbocycles. The van der Waals surface area contributed by atoms with Gasteiger partial charge in [-0.1, -0.05) is 18.2 Å². The first-order valence-electron chi connectivity index (χ1n) is 10.2. The van der Waals surface area contributed by atoms with Gasteiger partial charge >= 0.3 is 0 Å². The van der Waals surface area contributed by atoms with E-state index < -0.39 is 0 Å². The maximum atomic E-state index is 12.3. The average molecular weight is 367 g/mol. The molecule has 2 aliphatic rings. The van der Waals surface area contributed by atoms with E-state index in [2.05, 4.69) is 34.1 Å². The van der Waals surface area contributed by atoms with Crippen LogP contribution in [0.4, 0.5) is 0 Å². The number of carbonyl (C=O) groups is 1. The highest BCUT2D eigenvalue weighted by Crippen LogP contribution is 2.25. The Bertz CT molecular complexity index is 760. The Morgan fingerprint density at radius 2 is 1.85 bits per heavy atom. The van der Waals surface area contributed by atoms with Crippen LogP contribution in [0.1, 0.15) is 31.2 Å². The molecule has 0 spiro atoms. The number of benzene rings is 1. The molecule has 1 amide bonds. The lowest BCUT2D eigenvalue weighted by Gasteiger charge is -2.33. The number of hydrogen-bond donors (Lipinski definition) is 0. The number of aromatic nitrogens is 1. The zero-order valence-corrected chi connectivity index (χ0v) is 16.0. The normalized spacial score (nSPS) is 19.5. The lowest BCUT2D eigenvalue weighted by Crippen LogP contribution is -2.41. The number of morpholine rings is 1. The summed E-state index contributed by atoms with van der Waals surface area (Å²) in [6, 6.07) is 10.5. The van der Waals surface area contributed by atoms with E-state index in [0.717, 1.165) is 44.7 Å². The van der Waals surface area contributed by atoms with E-state index in [-0.39, 0.29) is 0 Å². The molecule has 1 aromatic carbocycles. The molecule has 0 aliphatic carbocycles. The van der Waals surface area contributed by atoms with E-state index in [1.807, 2.05) is 17.2 Å². The molecule has 144 valence electrons. The maximum Gasteiger partial charge on any atom is 0.222 e. The molecular formula is C22H29N3O2. The molecule has 1 aromatic heterocycles. The summed E-state index contributed by atoms with van der Waals surface area (Å²) in [5.41, 5.74) is 2.44. The fraction of sp³-hybridized carbons (Fsp3) is 0.545. The van der Waals surface area contributed by atoms with Crippen LogP contribution in [0.15, 0.2) is 36.5 Å². The first-order chi connectivity index (χ1) is 13.3. The predicted octanol–water partition coefficient (Wildman–Crippen LogP) is 3.09. The van der Waals surface area contributed by atoms with Crippen LogP contribution in [-0.4, -0.2) is 60.1 Å². The Kier molecular flexibility index (Phi) is 6.00. The first-order valence-corrected chi connectivity index (χ1v) is 10.2. The SMILES string of the molecule is O=C(CCC1CCN(Cc2ccnc3ccccc23)CC1)N1CCOCC1. The van der Waals surface area contributed by atoms with Crippen LogP contribution in [0.5, 0.6) is 0 Å². The highest BCUT2D eigenvalue weighted by Gasteiger charge is 2.22. The maximum absolute atomic E-state index is 12.3. The van der Waals surface area contributed by atoms with Crippen LogP contribution in [-0.2, 0) is 16.1 Å². The summed E-state index contributed by atoms with van der Waals surface area (Å²) in [5.74, 6) is 0.990. The molecule has 2 saturated heterocycles. The number of hydrogen-bond acceptors (Lipinski definition) is 4. The highest BCUT2D eigenvalue weighted by molar-refractivity contribution is 5.81. The molecule has 2 fully saturated rings. The fourth-order valence-electron chi connectivity index (χ4n) is 4.27. The average Bonchev–Trinajstić information content (AvgIpc) is 2.74. The summed E-state index contributed by atoms with van der Waals surface area (Å²) < 4.78 is 5.33. The van der Waals surface area contributed by atoms with Crippen molar-refractivity contribution < 1.29 is 9.53 Å². The van der Waals surface area contributed by atoms with E-state index in [1.54, 1.807) is 0 Å². The zero-order valence-electron chi connectivity index (χ0n) is 16.0. The smallest absolute Gasteiger partial charge is 0.222 e. The molecule has 0 radical (unpaired) electrons. The van der Waals surface area contributed by atoms with Crippen molar-refractivity contribution in [3.05, 3.63) is 42.1 Å². The van der Waals surface area contributed by atoms with Crippen molar-refractivity contribution in [2.75, 3.05) is 39.4 Å². The molecule has 4 rings (SSSR count). The van der Waals surface area contributed by atoms with Crippen molar-refractivity contribution >= 4 is 16.8 Å². The van der Waals surface area contributed by atoms with Gasteiger partial charge in [0.25, 0.3) is 0 Å². The number of amides is 1. The first kappa shape index (κ1) is 18.4. The summed E-state index contributed by atoms with van der Waals surface area (Å²) >= 11 is 0. The predicted molar refractivity (Wildman–Crippen MR) is 106 cm³/mol. The van der Waals surface area contributed by atoms with Crippen molar-refractivity contribution in [3.8, 4) is 0 Å². The number of rotatable bonds is 5. The second-order valence-electron chi connectivity index (χ2n) is 7.74. The van der Waals surface area contributed by atoms with Crippen molar-refractivity contribution in [2.24, 2.45) is 5.92 Å². The van der Waals surface area contributed by atoms with Crippen molar-refractivity contribution in [1.29, 1.82) is 0 Å². The third kappa shape index (κ3) is 4.66. The second kappa shape index (κ2) is 8.81. The molecule has 0 N–H and O–H groups in total. The second-order valence-corrected chi connectivity index (χ2v) is 7.74. The summed E-state index contributed by atoms with van der Waals surface area (Å²) in [6.45, 7) is 6.12. The number of para-hydroxylation sites is 1. The third-order valence-electron chi connectivity index (χ3n) is 5.97. The number of likely N-dealkylation sites (tertiary alicyclic amines) is 1. The minimum atomic E-state index is 0.309. The summed E-state index contributed by atoms with van der Waals surface area (Å²) in [4.78, 5) is 21.3. The number of ether oxygens (including phenoxy) is 1. The molecule has 5 heteroatoms. The van der Waals surface area contributed by atoms with Crippen molar-refractivity contribution in [3.63, 3.8) is 0 Å². The van der Waals surface area contributed by atoms with Crippen LogP contribution in [0.2, 0.25) is 0 Å². The minimum Gasteiger partial charge on any atom is -0.378 e.